The minimum absolute atomic E-state index is 0.226. The highest BCUT2D eigenvalue weighted by molar-refractivity contribution is 5.73. The van der Waals surface area contributed by atoms with Crippen molar-refractivity contribution in [2.75, 3.05) is 7.05 Å². The second-order valence-corrected chi connectivity index (χ2v) is 4.55. The van der Waals surface area contributed by atoms with E-state index in [1.54, 1.807) is 36.1 Å². The van der Waals surface area contributed by atoms with E-state index < -0.39 is 0 Å². The normalized spacial score (nSPS) is 10.3. The van der Waals surface area contributed by atoms with Crippen LogP contribution in [-0.4, -0.2) is 27.8 Å². The zero-order valence-corrected chi connectivity index (χ0v) is 11.5. The molecule has 2 rings (SSSR count). The first-order valence-electron chi connectivity index (χ1n) is 6.27. The number of nitrogens with zero attached hydrogens (tertiary/aromatic N) is 3. The Labute approximate surface area is 117 Å². The van der Waals surface area contributed by atoms with Gasteiger partial charge in [-0.05, 0) is 12.1 Å². The van der Waals surface area contributed by atoms with Crippen LogP contribution in [0.1, 0.15) is 11.3 Å². The van der Waals surface area contributed by atoms with Gasteiger partial charge in [-0.15, -0.1) is 0 Å². The van der Waals surface area contributed by atoms with Gasteiger partial charge in [-0.3, -0.25) is 4.68 Å². The summed E-state index contributed by atoms with van der Waals surface area (Å²) in [5.74, 6) is -0.307. The lowest BCUT2D eigenvalue weighted by Crippen LogP contribution is -2.36. The molecule has 6 heteroatoms. The highest BCUT2D eigenvalue weighted by Gasteiger charge is 2.11. The number of nitrogens with one attached hydrogen (secondary N) is 1. The van der Waals surface area contributed by atoms with Crippen LogP contribution in [0.3, 0.4) is 0 Å². The zero-order valence-electron chi connectivity index (χ0n) is 11.5. The maximum absolute atomic E-state index is 13.5. The number of halogens is 1. The number of hydrogen-bond donors (Lipinski definition) is 1. The monoisotopic (exact) mass is 276 g/mol. The predicted molar refractivity (Wildman–Crippen MR) is 73.3 cm³/mol. The van der Waals surface area contributed by atoms with E-state index in [0.29, 0.717) is 12.1 Å². The summed E-state index contributed by atoms with van der Waals surface area (Å²) in [5, 5.41) is 6.79. The van der Waals surface area contributed by atoms with Gasteiger partial charge < -0.3 is 10.2 Å². The number of aryl methyl sites for hydroxylation is 1. The van der Waals surface area contributed by atoms with Crippen LogP contribution in [0.5, 0.6) is 0 Å². The fourth-order valence-corrected chi connectivity index (χ4v) is 1.83. The van der Waals surface area contributed by atoms with E-state index in [0.717, 1.165) is 5.69 Å². The fourth-order valence-electron chi connectivity index (χ4n) is 1.83. The molecule has 0 unspecified atom stereocenters. The Morgan fingerprint density at radius 2 is 2.15 bits per heavy atom. The van der Waals surface area contributed by atoms with E-state index in [4.69, 9.17) is 0 Å². The van der Waals surface area contributed by atoms with Gasteiger partial charge in [0.1, 0.15) is 5.82 Å². The summed E-state index contributed by atoms with van der Waals surface area (Å²) in [6, 6.07) is 8.00. The first kappa shape index (κ1) is 14.0. The number of rotatable bonds is 4. The highest BCUT2D eigenvalue weighted by atomic mass is 19.1. The van der Waals surface area contributed by atoms with Crippen LogP contribution in [0, 0.1) is 5.82 Å². The average molecular weight is 276 g/mol. The van der Waals surface area contributed by atoms with Crippen molar-refractivity contribution in [3.8, 4) is 0 Å². The molecule has 0 saturated heterocycles. The van der Waals surface area contributed by atoms with Crippen LogP contribution in [-0.2, 0) is 20.1 Å². The summed E-state index contributed by atoms with van der Waals surface area (Å²) in [7, 11) is 3.44. The Hall–Kier alpha value is -2.37. The van der Waals surface area contributed by atoms with Crippen molar-refractivity contribution in [2.24, 2.45) is 7.05 Å². The summed E-state index contributed by atoms with van der Waals surface area (Å²) >= 11 is 0. The molecule has 0 atom stereocenters. The maximum Gasteiger partial charge on any atom is 0.317 e. The Bertz CT molecular complexity index is 596. The van der Waals surface area contributed by atoms with E-state index in [1.165, 1.54) is 11.0 Å². The largest absolute Gasteiger partial charge is 0.332 e. The number of hydrogen-bond acceptors (Lipinski definition) is 2. The Kier molecular flexibility index (Phi) is 4.34. The fraction of sp³-hybridized carbons (Fsp3) is 0.286. The third-order valence-electron chi connectivity index (χ3n) is 3.06. The van der Waals surface area contributed by atoms with Crippen molar-refractivity contribution in [1.29, 1.82) is 0 Å². The Balaban J connectivity index is 1.89. The molecule has 2 aromatic rings. The molecule has 0 fully saturated rings. The number of amides is 2. The van der Waals surface area contributed by atoms with Crippen molar-refractivity contribution in [1.82, 2.24) is 20.0 Å². The van der Waals surface area contributed by atoms with Crippen LogP contribution in [0.4, 0.5) is 9.18 Å². The van der Waals surface area contributed by atoms with E-state index >= 15 is 0 Å². The molecule has 1 N–H and O–H groups in total. The number of urea groups is 1. The van der Waals surface area contributed by atoms with Gasteiger partial charge >= 0.3 is 6.03 Å². The van der Waals surface area contributed by atoms with Gasteiger partial charge in [0.25, 0.3) is 0 Å². The van der Waals surface area contributed by atoms with Gasteiger partial charge in [0.05, 0.1) is 12.2 Å². The van der Waals surface area contributed by atoms with Crippen molar-refractivity contribution < 1.29 is 9.18 Å². The van der Waals surface area contributed by atoms with Gasteiger partial charge in [0.2, 0.25) is 0 Å². The summed E-state index contributed by atoms with van der Waals surface area (Å²) in [4.78, 5) is 13.4. The molecule has 0 aliphatic heterocycles. The van der Waals surface area contributed by atoms with Crippen molar-refractivity contribution in [3.05, 3.63) is 53.6 Å². The Morgan fingerprint density at radius 3 is 2.80 bits per heavy atom. The third-order valence-corrected chi connectivity index (χ3v) is 3.06. The first-order valence-corrected chi connectivity index (χ1v) is 6.27. The molecule has 0 bridgehead atoms. The molecule has 20 heavy (non-hydrogen) atoms. The van der Waals surface area contributed by atoms with Gasteiger partial charge in [-0.2, -0.15) is 5.10 Å². The lowest BCUT2D eigenvalue weighted by atomic mass is 10.2. The summed E-state index contributed by atoms with van der Waals surface area (Å²) in [6.45, 7) is 0.612. The van der Waals surface area contributed by atoms with E-state index in [-0.39, 0.29) is 18.4 Å². The van der Waals surface area contributed by atoms with E-state index in [1.807, 2.05) is 13.1 Å². The third kappa shape index (κ3) is 3.34. The van der Waals surface area contributed by atoms with E-state index in [2.05, 4.69) is 10.4 Å². The molecule has 0 aliphatic carbocycles. The quantitative estimate of drug-likeness (QED) is 0.927. The molecule has 0 radical (unpaired) electrons. The molecule has 1 aromatic heterocycles. The average Bonchev–Trinajstić information content (AvgIpc) is 2.84. The minimum atomic E-state index is -0.307. The van der Waals surface area contributed by atoms with Crippen LogP contribution in [0.15, 0.2) is 36.5 Å². The lowest BCUT2D eigenvalue weighted by molar-refractivity contribution is 0.205. The molecule has 5 nitrogen and oxygen atoms in total. The topological polar surface area (TPSA) is 50.2 Å². The molecular weight excluding hydrogens is 259 g/mol. The second-order valence-electron chi connectivity index (χ2n) is 4.55. The molecule has 1 heterocycles. The molecule has 0 aliphatic rings. The molecule has 106 valence electrons. The smallest absolute Gasteiger partial charge is 0.317 e. The van der Waals surface area contributed by atoms with Crippen LogP contribution >= 0.6 is 0 Å². The van der Waals surface area contributed by atoms with Crippen LogP contribution in [0.2, 0.25) is 0 Å². The van der Waals surface area contributed by atoms with Crippen molar-refractivity contribution in [3.63, 3.8) is 0 Å². The van der Waals surface area contributed by atoms with E-state index in [9.17, 15) is 9.18 Å². The molecule has 0 spiro atoms. The number of aromatic nitrogens is 2. The van der Waals surface area contributed by atoms with Crippen LogP contribution < -0.4 is 5.32 Å². The molecule has 2 amide bonds. The van der Waals surface area contributed by atoms with Gasteiger partial charge in [0.15, 0.2) is 0 Å². The number of carbonyl (C=O) groups excluding carboxylic acids is 1. The maximum atomic E-state index is 13.5. The SMILES string of the molecule is CN(Cc1ccccc1F)C(=O)NCc1ccnn1C. The predicted octanol–water partition coefficient (Wildman–Crippen LogP) is 1.90. The Morgan fingerprint density at radius 1 is 1.40 bits per heavy atom. The van der Waals surface area contributed by atoms with Gasteiger partial charge in [-0.25, -0.2) is 9.18 Å². The van der Waals surface area contributed by atoms with Gasteiger partial charge in [0, 0.05) is 32.4 Å². The zero-order chi connectivity index (χ0) is 14.5. The van der Waals surface area contributed by atoms with Crippen molar-refractivity contribution in [2.45, 2.75) is 13.1 Å². The van der Waals surface area contributed by atoms with Crippen molar-refractivity contribution >= 4 is 6.03 Å². The minimum Gasteiger partial charge on any atom is -0.332 e. The molecular formula is C14H17FN4O. The highest BCUT2D eigenvalue weighted by Crippen LogP contribution is 2.08. The number of carbonyl (C=O) groups is 1. The second kappa shape index (κ2) is 6.18. The summed E-state index contributed by atoms with van der Waals surface area (Å²) in [6.07, 6.45) is 1.67. The van der Waals surface area contributed by atoms with Gasteiger partial charge in [-0.1, -0.05) is 18.2 Å². The van der Waals surface area contributed by atoms with Crippen LogP contribution in [0.25, 0.3) is 0 Å². The molecule has 1 aromatic carbocycles. The summed E-state index contributed by atoms with van der Waals surface area (Å²) < 4.78 is 15.2. The lowest BCUT2D eigenvalue weighted by Gasteiger charge is -2.18. The standard InChI is InChI=1S/C14H17FN4O/c1-18(10-11-5-3-4-6-13(11)15)14(20)16-9-12-7-8-17-19(12)2/h3-8H,9-10H2,1-2H3,(H,16,20). The number of benzene rings is 1. The molecule has 0 saturated carbocycles. The summed E-state index contributed by atoms with van der Waals surface area (Å²) in [5.41, 5.74) is 1.39. The first-order chi connectivity index (χ1) is 9.58.